The van der Waals surface area contributed by atoms with Gasteiger partial charge in [-0.1, -0.05) is 121 Å². The molecule has 0 aromatic heterocycles. The standard InChI is InChI=1S/C18H38O2.C11H14O.C6H12O5.H2O/c1-2-3-4-5-6-7-8-9-10-11-12-13-14-15-18(20)16-17-19;1-10(12)6-5-9-11-7-3-2-4-8-11;7-1-4-6(10)5(9)3(8)2-11-4;/h18-20H,2-17H2,1H3;2-4,7-8H,5-6,9H2,1H3;3-10H,1-2H2;1H2/t18-;;;/m1.../s1. The molecule has 9 nitrogen and oxygen atoms in total. The zero-order valence-electron chi connectivity index (χ0n) is 27.6. The van der Waals surface area contributed by atoms with E-state index < -0.39 is 24.4 Å². The summed E-state index contributed by atoms with van der Waals surface area (Å²) in [4.78, 5) is 10.6. The summed E-state index contributed by atoms with van der Waals surface area (Å²) < 4.78 is 4.81. The monoisotopic (exact) mass is 630 g/mol. The van der Waals surface area contributed by atoms with E-state index in [1.807, 2.05) is 18.2 Å². The molecular formula is C35H66O9. The summed E-state index contributed by atoms with van der Waals surface area (Å²) in [7, 11) is 0. The van der Waals surface area contributed by atoms with Crippen LogP contribution in [0.15, 0.2) is 30.3 Å². The number of benzene rings is 1. The third kappa shape index (κ3) is 25.9. The molecule has 44 heavy (non-hydrogen) atoms. The molecular weight excluding hydrogens is 564 g/mol. The first-order chi connectivity index (χ1) is 20.8. The van der Waals surface area contributed by atoms with E-state index in [4.69, 9.17) is 30.3 Å². The molecule has 1 saturated heterocycles. The predicted octanol–water partition coefficient (Wildman–Crippen LogP) is 4.44. The number of rotatable bonds is 21. The highest BCUT2D eigenvalue weighted by molar-refractivity contribution is 5.75. The van der Waals surface area contributed by atoms with E-state index in [1.165, 1.54) is 82.6 Å². The van der Waals surface area contributed by atoms with Gasteiger partial charge < -0.3 is 45.6 Å². The van der Waals surface area contributed by atoms with Crippen molar-refractivity contribution in [1.82, 2.24) is 0 Å². The SMILES string of the molecule is CC(=O)CCCc1ccccc1.CCCCCCCCCCCCCCC[C@@H](O)CCO.O.OCC1OCC(O)C(O)C1O. The van der Waals surface area contributed by atoms with Crippen molar-refractivity contribution in [2.75, 3.05) is 19.8 Å². The molecule has 1 fully saturated rings. The lowest BCUT2D eigenvalue weighted by Gasteiger charge is -2.34. The van der Waals surface area contributed by atoms with E-state index in [-0.39, 0.29) is 37.2 Å². The number of aliphatic hydroxyl groups is 6. The first-order valence-electron chi connectivity index (χ1n) is 16.9. The van der Waals surface area contributed by atoms with E-state index in [9.17, 15) is 9.90 Å². The Labute approximate surface area is 267 Å². The molecule has 9 heteroatoms. The third-order valence-corrected chi connectivity index (χ3v) is 7.73. The minimum absolute atomic E-state index is 0. The molecule has 0 radical (unpaired) electrons. The van der Waals surface area contributed by atoms with Gasteiger partial charge in [0.1, 0.15) is 30.2 Å². The summed E-state index contributed by atoms with van der Waals surface area (Å²) in [5.74, 6) is 0.283. The van der Waals surface area contributed by atoms with Crippen LogP contribution in [0.3, 0.4) is 0 Å². The molecule has 260 valence electrons. The fourth-order valence-electron chi connectivity index (χ4n) is 4.90. The maximum atomic E-state index is 10.6. The predicted molar refractivity (Wildman–Crippen MR) is 177 cm³/mol. The third-order valence-electron chi connectivity index (χ3n) is 7.73. The largest absolute Gasteiger partial charge is 0.412 e. The molecule has 0 bridgehead atoms. The van der Waals surface area contributed by atoms with Crippen molar-refractivity contribution in [3.8, 4) is 0 Å². The van der Waals surface area contributed by atoms with Crippen molar-refractivity contribution in [3.05, 3.63) is 35.9 Å². The summed E-state index contributed by atoms with van der Waals surface area (Å²) in [6.07, 6.45) is 17.2. The van der Waals surface area contributed by atoms with Crippen molar-refractivity contribution in [2.45, 2.75) is 160 Å². The quantitative estimate of drug-likeness (QED) is 0.108. The normalized spacial score (nSPS) is 19.9. The number of aliphatic hydroxyl groups excluding tert-OH is 6. The smallest absolute Gasteiger partial charge is 0.129 e. The topological polar surface area (TPSA) is 179 Å². The zero-order valence-corrected chi connectivity index (χ0v) is 27.6. The fourth-order valence-corrected chi connectivity index (χ4v) is 4.90. The van der Waals surface area contributed by atoms with Gasteiger partial charge >= 0.3 is 0 Å². The van der Waals surface area contributed by atoms with Gasteiger partial charge in [0.2, 0.25) is 0 Å². The van der Waals surface area contributed by atoms with Gasteiger partial charge in [0.15, 0.2) is 0 Å². The van der Waals surface area contributed by atoms with Crippen molar-refractivity contribution in [3.63, 3.8) is 0 Å². The highest BCUT2D eigenvalue weighted by atomic mass is 16.5. The number of Topliss-reactive ketones (excluding diaryl/α,β-unsaturated/α-hetero) is 1. The minimum Gasteiger partial charge on any atom is -0.412 e. The van der Waals surface area contributed by atoms with Crippen molar-refractivity contribution in [1.29, 1.82) is 0 Å². The van der Waals surface area contributed by atoms with Gasteiger partial charge in [-0.25, -0.2) is 0 Å². The molecule has 1 aliphatic heterocycles. The first kappa shape index (κ1) is 44.7. The summed E-state index contributed by atoms with van der Waals surface area (Å²) in [6, 6.07) is 10.3. The Bertz CT molecular complexity index is 732. The maximum absolute atomic E-state index is 10.6. The summed E-state index contributed by atoms with van der Waals surface area (Å²) in [5, 5.41) is 53.8. The zero-order chi connectivity index (χ0) is 32.1. The molecule has 1 aromatic rings. The maximum Gasteiger partial charge on any atom is 0.129 e. The molecule has 0 aliphatic carbocycles. The molecule has 1 heterocycles. The van der Waals surface area contributed by atoms with Crippen LogP contribution in [0, 0.1) is 0 Å². The molecule has 1 aliphatic rings. The Morgan fingerprint density at radius 3 is 1.80 bits per heavy atom. The number of ether oxygens (including phenoxy) is 1. The van der Waals surface area contributed by atoms with E-state index in [0.717, 1.165) is 25.7 Å². The summed E-state index contributed by atoms with van der Waals surface area (Å²) in [6.45, 7) is 3.62. The Kier molecular flexibility index (Phi) is 32.0. The minimum atomic E-state index is -1.22. The lowest BCUT2D eigenvalue weighted by Crippen LogP contribution is -2.53. The van der Waals surface area contributed by atoms with E-state index in [1.54, 1.807) is 6.92 Å². The van der Waals surface area contributed by atoms with Gasteiger partial charge in [-0.15, -0.1) is 0 Å². The second-order valence-corrected chi connectivity index (χ2v) is 11.8. The Morgan fingerprint density at radius 2 is 1.32 bits per heavy atom. The van der Waals surface area contributed by atoms with E-state index in [0.29, 0.717) is 12.8 Å². The van der Waals surface area contributed by atoms with Crippen LogP contribution in [0.1, 0.15) is 129 Å². The average molecular weight is 631 g/mol. The van der Waals surface area contributed by atoms with E-state index in [2.05, 4.69) is 19.1 Å². The second kappa shape index (κ2) is 31.5. The van der Waals surface area contributed by atoms with Crippen LogP contribution >= 0.6 is 0 Å². The first-order valence-corrected chi connectivity index (χ1v) is 16.9. The van der Waals surface area contributed by atoms with Crippen LogP contribution in [0.2, 0.25) is 0 Å². The Balaban J connectivity index is 0. The molecule has 0 saturated carbocycles. The molecule has 4 unspecified atom stereocenters. The van der Waals surface area contributed by atoms with Crippen molar-refractivity contribution >= 4 is 5.78 Å². The van der Waals surface area contributed by atoms with Crippen LogP contribution < -0.4 is 0 Å². The van der Waals surface area contributed by atoms with Gasteiger partial charge in [-0.05, 0) is 38.2 Å². The van der Waals surface area contributed by atoms with Crippen molar-refractivity contribution < 1.29 is 45.6 Å². The fraction of sp³-hybridized carbons (Fsp3) is 0.800. The van der Waals surface area contributed by atoms with Crippen LogP contribution in [-0.4, -0.2) is 92.2 Å². The number of carbonyl (C=O) groups is 1. The average Bonchev–Trinajstić information content (AvgIpc) is 2.99. The number of ketones is 1. The molecule has 0 spiro atoms. The lowest BCUT2D eigenvalue weighted by molar-refractivity contribution is -0.195. The van der Waals surface area contributed by atoms with Crippen LogP contribution in [-0.2, 0) is 16.0 Å². The van der Waals surface area contributed by atoms with Crippen LogP contribution in [0.25, 0.3) is 0 Å². The molecule has 1 aromatic carbocycles. The number of hydrogen-bond acceptors (Lipinski definition) is 8. The molecule has 2 rings (SSSR count). The molecule has 5 atom stereocenters. The van der Waals surface area contributed by atoms with Gasteiger partial charge in [-0.2, -0.15) is 0 Å². The van der Waals surface area contributed by atoms with Crippen LogP contribution in [0.5, 0.6) is 0 Å². The van der Waals surface area contributed by atoms with Gasteiger partial charge in [-0.3, -0.25) is 0 Å². The molecule has 8 N–H and O–H groups in total. The summed E-state index contributed by atoms with van der Waals surface area (Å²) >= 11 is 0. The highest BCUT2D eigenvalue weighted by Gasteiger charge is 2.36. The van der Waals surface area contributed by atoms with Gasteiger partial charge in [0.25, 0.3) is 0 Å². The Hall–Kier alpha value is -1.43. The highest BCUT2D eigenvalue weighted by Crippen LogP contribution is 2.15. The Morgan fingerprint density at radius 1 is 0.795 bits per heavy atom. The number of hydrogen-bond donors (Lipinski definition) is 6. The van der Waals surface area contributed by atoms with Crippen molar-refractivity contribution in [2.24, 2.45) is 0 Å². The number of carbonyl (C=O) groups excluding carboxylic acids is 1. The van der Waals surface area contributed by atoms with Crippen LogP contribution in [0.4, 0.5) is 0 Å². The van der Waals surface area contributed by atoms with Gasteiger partial charge in [0, 0.05) is 13.0 Å². The number of unbranched alkanes of at least 4 members (excludes halogenated alkanes) is 12. The van der Waals surface area contributed by atoms with E-state index >= 15 is 0 Å². The molecule has 0 amide bonds. The number of aryl methyl sites for hydroxylation is 1. The second-order valence-electron chi connectivity index (χ2n) is 11.8. The lowest BCUT2D eigenvalue weighted by atomic mass is 10.0. The summed E-state index contributed by atoms with van der Waals surface area (Å²) in [5.41, 5.74) is 1.32. The van der Waals surface area contributed by atoms with Gasteiger partial charge in [0.05, 0.1) is 19.3 Å².